The molecule has 1 aromatic heterocycles. The summed E-state index contributed by atoms with van der Waals surface area (Å²) in [5.41, 5.74) is 0.598. The van der Waals surface area contributed by atoms with E-state index in [0.717, 1.165) is 10.1 Å². The zero-order valence-corrected chi connectivity index (χ0v) is 22.1. The number of ether oxygens (including phenoxy) is 4. The Bertz CT molecular complexity index is 1310. The van der Waals surface area contributed by atoms with E-state index in [1.807, 2.05) is 18.2 Å². The molecule has 0 N–H and O–H groups in total. The molecule has 0 saturated carbocycles. The van der Waals surface area contributed by atoms with E-state index in [9.17, 15) is 9.90 Å². The molecule has 0 saturated heterocycles. The van der Waals surface area contributed by atoms with Gasteiger partial charge in [0.2, 0.25) is 0 Å². The van der Waals surface area contributed by atoms with Gasteiger partial charge in [-0.05, 0) is 42.0 Å². The van der Waals surface area contributed by atoms with Crippen LogP contribution in [0.15, 0.2) is 66.7 Å². The fraction of sp³-hybridized carbons (Fsp3) is 0.115. The molecule has 0 aliphatic heterocycles. The summed E-state index contributed by atoms with van der Waals surface area (Å²) >= 11 is 1.39. The minimum Gasteiger partial charge on any atom is -0.545 e. The maximum Gasteiger partial charge on any atom is 1.00 e. The van der Waals surface area contributed by atoms with Gasteiger partial charge < -0.3 is 28.8 Å². The fourth-order valence-corrected chi connectivity index (χ4v) is 4.48. The number of hydrogen-bond acceptors (Lipinski definition) is 7. The first-order chi connectivity index (χ1) is 16.0. The first kappa shape index (κ1) is 25.6. The number of carboxylic acid groups (broad SMARTS) is 1. The summed E-state index contributed by atoms with van der Waals surface area (Å²) in [7, 11) is 4.72. The van der Waals surface area contributed by atoms with Crippen molar-refractivity contribution in [1.29, 1.82) is 0 Å². The van der Waals surface area contributed by atoms with Crippen LogP contribution < -0.4 is 53.6 Å². The molecule has 168 valence electrons. The normalized spacial score (nSPS) is 11.0. The second kappa shape index (κ2) is 11.4. The van der Waals surface area contributed by atoms with Crippen LogP contribution in [0.25, 0.3) is 21.7 Å². The third-order valence-electron chi connectivity index (χ3n) is 5.03. The molecule has 34 heavy (non-hydrogen) atoms. The second-order valence-corrected chi connectivity index (χ2v) is 8.07. The predicted octanol–water partition coefficient (Wildman–Crippen LogP) is 2.01. The molecule has 3 aromatic carbocycles. The van der Waals surface area contributed by atoms with Gasteiger partial charge in [-0.15, -0.1) is 11.3 Å². The number of benzene rings is 3. The molecule has 4 aromatic rings. The standard InChI is InChI=1S/C26H22O6S.Na/c1-29-17-9-11-18(12-10-17)32-25-20-13-21(30-2)22(31-3)15-23(20)33-24(25)14-19(26(27)28)16-7-5-4-6-8-16;/h4-15H,1-3H3,(H,27,28);/q;+1/p-1/b19-14+;. The molecule has 1 heterocycles. The Morgan fingerprint density at radius 1 is 0.853 bits per heavy atom. The van der Waals surface area contributed by atoms with Gasteiger partial charge in [0.1, 0.15) is 11.5 Å². The third-order valence-corrected chi connectivity index (χ3v) is 6.11. The molecular weight excluding hydrogens is 463 g/mol. The molecule has 6 nitrogen and oxygen atoms in total. The Hall–Kier alpha value is -2.97. The topological polar surface area (TPSA) is 77.1 Å². The number of rotatable bonds is 8. The van der Waals surface area contributed by atoms with Crippen molar-refractivity contribution in [3.63, 3.8) is 0 Å². The Morgan fingerprint density at radius 3 is 2.06 bits per heavy atom. The van der Waals surface area contributed by atoms with Crippen molar-refractivity contribution in [2.24, 2.45) is 0 Å². The summed E-state index contributed by atoms with van der Waals surface area (Å²) in [4.78, 5) is 12.6. The Morgan fingerprint density at radius 2 is 1.47 bits per heavy atom. The number of aliphatic carboxylic acids is 1. The van der Waals surface area contributed by atoms with Crippen molar-refractivity contribution in [1.82, 2.24) is 0 Å². The van der Waals surface area contributed by atoms with E-state index in [-0.39, 0.29) is 35.1 Å². The van der Waals surface area contributed by atoms with Crippen LogP contribution in [0, 0.1) is 0 Å². The van der Waals surface area contributed by atoms with Gasteiger partial charge in [0.05, 0.1) is 32.2 Å². The smallest absolute Gasteiger partial charge is 0.545 e. The largest absolute Gasteiger partial charge is 1.00 e. The van der Waals surface area contributed by atoms with Crippen LogP contribution in [-0.4, -0.2) is 27.3 Å². The number of carbonyl (C=O) groups excluding carboxylic acids is 1. The van der Waals surface area contributed by atoms with Crippen LogP contribution in [0.1, 0.15) is 10.4 Å². The molecule has 0 spiro atoms. The minimum absolute atomic E-state index is 0. The van der Waals surface area contributed by atoms with Crippen LogP contribution in [0.4, 0.5) is 0 Å². The van der Waals surface area contributed by atoms with Crippen LogP contribution in [0.2, 0.25) is 0 Å². The van der Waals surface area contributed by atoms with Crippen molar-refractivity contribution >= 4 is 39.0 Å². The van der Waals surface area contributed by atoms with Gasteiger partial charge in [0, 0.05) is 21.7 Å². The Balaban J connectivity index is 0.00000324. The average molecular weight is 485 g/mol. The van der Waals surface area contributed by atoms with Crippen LogP contribution in [-0.2, 0) is 4.79 Å². The molecule has 0 bridgehead atoms. The van der Waals surface area contributed by atoms with Crippen molar-refractivity contribution in [3.8, 4) is 28.7 Å². The monoisotopic (exact) mass is 484 g/mol. The zero-order chi connectivity index (χ0) is 23.4. The summed E-state index contributed by atoms with van der Waals surface area (Å²) in [5.74, 6) is 1.63. The fourth-order valence-electron chi connectivity index (χ4n) is 3.39. The van der Waals surface area contributed by atoms with Gasteiger partial charge in [-0.2, -0.15) is 0 Å². The van der Waals surface area contributed by atoms with Crippen molar-refractivity contribution in [2.75, 3.05) is 21.3 Å². The molecule has 0 aliphatic rings. The summed E-state index contributed by atoms with van der Waals surface area (Å²) in [6, 6.07) is 19.7. The quantitative estimate of drug-likeness (QED) is 0.281. The summed E-state index contributed by atoms with van der Waals surface area (Å²) in [5, 5.41) is 12.8. The van der Waals surface area contributed by atoms with E-state index in [2.05, 4.69) is 0 Å². The van der Waals surface area contributed by atoms with Gasteiger partial charge in [0.25, 0.3) is 0 Å². The second-order valence-electron chi connectivity index (χ2n) is 6.99. The van der Waals surface area contributed by atoms with Crippen molar-refractivity contribution < 1.29 is 58.4 Å². The number of carbonyl (C=O) groups is 1. The van der Waals surface area contributed by atoms with Crippen molar-refractivity contribution in [3.05, 3.63) is 77.2 Å². The summed E-state index contributed by atoms with van der Waals surface area (Å²) < 4.78 is 23.2. The number of carboxylic acids is 1. The van der Waals surface area contributed by atoms with Gasteiger partial charge in [0.15, 0.2) is 17.2 Å². The van der Waals surface area contributed by atoms with E-state index < -0.39 is 5.97 Å². The van der Waals surface area contributed by atoms with Gasteiger partial charge in [-0.25, -0.2) is 0 Å². The molecule has 0 atom stereocenters. The number of methoxy groups -OCH3 is 3. The predicted molar refractivity (Wildman–Crippen MR) is 127 cm³/mol. The molecule has 0 unspecified atom stereocenters. The Labute approximate surface area is 223 Å². The van der Waals surface area contributed by atoms with E-state index in [4.69, 9.17) is 18.9 Å². The average Bonchev–Trinajstić information content (AvgIpc) is 3.18. The minimum atomic E-state index is -1.27. The number of fused-ring (bicyclic) bond motifs is 1. The number of hydrogen-bond donors (Lipinski definition) is 0. The summed E-state index contributed by atoms with van der Waals surface area (Å²) in [6.45, 7) is 0. The molecular formula is C26H21NaO6S. The zero-order valence-electron chi connectivity index (χ0n) is 19.3. The first-order valence-corrected chi connectivity index (χ1v) is 10.8. The van der Waals surface area contributed by atoms with Gasteiger partial charge in [-0.3, -0.25) is 0 Å². The Kier molecular flexibility index (Phi) is 8.63. The number of thiophene rings is 1. The van der Waals surface area contributed by atoms with E-state index in [0.29, 0.717) is 39.2 Å². The maximum atomic E-state index is 12.0. The molecule has 0 aliphatic carbocycles. The van der Waals surface area contributed by atoms with Gasteiger partial charge in [-0.1, -0.05) is 30.3 Å². The SMILES string of the molecule is COc1ccc(Oc2c(/C=C(/C(=O)[O-])c3ccccc3)sc3cc(OC)c(OC)cc23)cc1.[Na+]. The molecule has 0 radical (unpaired) electrons. The summed E-state index contributed by atoms with van der Waals surface area (Å²) in [6.07, 6.45) is 1.58. The van der Waals surface area contributed by atoms with E-state index in [1.54, 1.807) is 75.9 Å². The van der Waals surface area contributed by atoms with Crippen LogP contribution in [0.5, 0.6) is 28.7 Å². The maximum absolute atomic E-state index is 12.0. The molecule has 8 heteroatoms. The van der Waals surface area contributed by atoms with E-state index >= 15 is 0 Å². The molecule has 0 amide bonds. The molecule has 4 rings (SSSR count). The molecule has 0 fully saturated rings. The van der Waals surface area contributed by atoms with E-state index in [1.165, 1.54) is 11.3 Å². The van der Waals surface area contributed by atoms with Crippen molar-refractivity contribution in [2.45, 2.75) is 0 Å². The van der Waals surface area contributed by atoms with Crippen LogP contribution in [0.3, 0.4) is 0 Å². The van der Waals surface area contributed by atoms with Gasteiger partial charge >= 0.3 is 29.6 Å². The van der Waals surface area contributed by atoms with Crippen LogP contribution >= 0.6 is 11.3 Å². The third kappa shape index (κ3) is 5.39. The first-order valence-electron chi connectivity index (χ1n) is 10.0.